The van der Waals surface area contributed by atoms with Crippen molar-refractivity contribution in [3.8, 4) is 0 Å². The van der Waals surface area contributed by atoms with E-state index in [0.29, 0.717) is 0 Å². The van der Waals surface area contributed by atoms with E-state index >= 15 is 0 Å². The summed E-state index contributed by atoms with van der Waals surface area (Å²) in [6, 6.07) is 21.7. The van der Waals surface area contributed by atoms with Gasteiger partial charge in [0.25, 0.3) is 0 Å². The normalized spacial score (nSPS) is 14.8. The Hall–Kier alpha value is -2.85. The van der Waals surface area contributed by atoms with Crippen LogP contribution in [0, 0.1) is 0 Å². The molecular weight excluding hydrogens is 346 g/mol. The number of morpholine rings is 1. The van der Waals surface area contributed by atoms with Gasteiger partial charge in [-0.1, -0.05) is 55.5 Å². The van der Waals surface area contributed by atoms with Crippen LogP contribution in [0.25, 0.3) is 21.9 Å². The zero-order valence-corrected chi connectivity index (χ0v) is 16.3. The highest BCUT2D eigenvalue weighted by molar-refractivity contribution is 6.07. The predicted octanol–water partition coefficient (Wildman–Crippen LogP) is 4.64. The Morgan fingerprint density at radius 1 is 0.929 bits per heavy atom. The number of rotatable bonds is 4. The standard InChI is InChI=1S/C24H25N3O/c1-2-19-16-21-20-10-6-7-11-22(20)27(17-18-8-4-3-5-9-18)24(21)25-23(19)26-12-14-28-15-13-26/h3-11,16H,2,12-15,17H2,1H3. The molecule has 0 radical (unpaired) electrons. The molecule has 0 bridgehead atoms. The third kappa shape index (κ3) is 2.94. The Morgan fingerprint density at radius 2 is 1.68 bits per heavy atom. The summed E-state index contributed by atoms with van der Waals surface area (Å²) < 4.78 is 7.92. The van der Waals surface area contributed by atoms with E-state index in [-0.39, 0.29) is 0 Å². The number of anilines is 1. The Labute approximate surface area is 165 Å². The summed E-state index contributed by atoms with van der Waals surface area (Å²) in [5.41, 5.74) is 4.93. The Bertz CT molecular complexity index is 1110. The second kappa shape index (κ2) is 7.28. The third-order valence-corrected chi connectivity index (χ3v) is 5.67. The fourth-order valence-electron chi connectivity index (χ4n) is 4.23. The van der Waals surface area contributed by atoms with Crippen LogP contribution in [-0.2, 0) is 17.7 Å². The molecule has 0 unspecified atom stereocenters. The third-order valence-electron chi connectivity index (χ3n) is 5.67. The van der Waals surface area contributed by atoms with Gasteiger partial charge < -0.3 is 14.2 Å². The first kappa shape index (κ1) is 17.3. The average molecular weight is 371 g/mol. The lowest BCUT2D eigenvalue weighted by atomic mass is 10.1. The Morgan fingerprint density at radius 3 is 2.46 bits per heavy atom. The van der Waals surface area contributed by atoms with Crippen LogP contribution in [0.2, 0.25) is 0 Å². The van der Waals surface area contributed by atoms with Gasteiger partial charge in [0.2, 0.25) is 0 Å². The number of fused-ring (bicyclic) bond motifs is 3. The molecule has 0 N–H and O–H groups in total. The molecule has 0 atom stereocenters. The van der Waals surface area contributed by atoms with E-state index in [4.69, 9.17) is 9.72 Å². The average Bonchev–Trinajstić information content (AvgIpc) is 3.07. The Kier molecular flexibility index (Phi) is 4.49. The van der Waals surface area contributed by atoms with Crippen LogP contribution in [0.15, 0.2) is 60.7 Å². The van der Waals surface area contributed by atoms with Gasteiger partial charge in [-0.15, -0.1) is 0 Å². The van der Waals surface area contributed by atoms with E-state index in [1.807, 2.05) is 0 Å². The number of pyridine rings is 1. The minimum atomic E-state index is 0.774. The first-order chi connectivity index (χ1) is 13.8. The van der Waals surface area contributed by atoms with Crippen LogP contribution >= 0.6 is 0 Å². The molecule has 4 aromatic rings. The number of benzene rings is 2. The van der Waals surface area contributed by atoms with Crippen molar-refractivity contribution in [2.24, 2.45) is 0 Å². The molecule has 5 rings (SSSR count). The van der Waals surface area contributed by atoms with E-state index < -0.39 is 0 Å². The molecule has 0 aliphatic carbocycles. The van der Waals surface area contributed by atoms with Crippen molar-refractivity contribution in [3.63, 3.8) is 0 Å². The van der Waals surface area contributed by atoms with E-state index in [9.17, 15) is 0 Å². The molecule has 0 spiro atoms. The predicted molar refractivity (Wildman–Crippen MR) is 115 cm³/mol. The Balaban J connectivity index is 1.73. The number of hydrogen-bond acceptors (Lipinski definition) is 3. The summed E-state index contributed by atoms with van der Waals surface area (Å²) in [5, 5.41) is 2.53. The number of nitrogens with zero attached hydrogens (tertiary/aromatic N) is 3. The van der Waals surface area contributed by atoms with Crippen LogP contribution in [0.1, 0.15) is 18.1 Å². The van der Waals surface area contributed by atoms with Gasteiger partial charge in [-0.05, 0) is 29.7 Å². The lowest BCUT2D eigenvalue weighted by Crippen LogP contribution is -2.37. The number of aryl methyl sites for hydroxylation is 1. The largest absolute Gasteiger partial charge is 0.378 e. The minimum Gasteiger partial charge on any atom is -0.378 e. The first-order valence-corrected chi connectivity index (χ1v) is 10.1. The number of para-hydroxylation sites is 1. The van der Waals surface area contributed by atoms with Gasteiger partial charge in [-0.2, -0.15) is 0 Å². The van der Waals surface area contributed by atoms with Crippen LogP contribution in [0.5, 0.6) is 0 Å². The smallest absolute Gasteiger partial charge is 0.143 e. The topological polar surface area (TPSA) is 30.3 Å². The van der Waals surface area contributed by atoms with Gasteiger partial charge in [-0.3, -0.25) is 0 Å². The van der Waals surface area contributed by atoms with Crippen molar-refractivity contribution in [1.29, 1.82) is 0 Å². The van der Waals surface area contributed by atoms with Gasteiger partial charge in [0, 0.05) is 30.4 Å². The van der Waals surface area contributed by atoms with E-state index in [2.05, 4.69) is 77.1 Å². The summed E-state index contributed by atoms with van der Waals surface area (Å²) in [6.45, 7) is 6.41. The molecule has 1 aliphatic heterocycles. The van der Waals surface area contributed by atoms with Crippen molar-refractivity contribution < 1.29 is 4.74 Å². The highest BCUT2D eigenvalue weighted by Crippen LogP contribution is 2.33. The van der Waals surface area contributed by atoms with Gasteiger partial charge >= 0.3 is 0 Å². The quantitative estimate of drug-likeness (QED) is 0.524. The zero-order chi connectivity index (χ0) is 18.9. The first-order valence-electron chi connectivity index (χ1n) is 10.1. The molecule has 1 fully saturated rings. The molecule has 4 heteroatoms. The van der Waals surface area contributed by atoms with Crippen LogP contribution in [-0.4, -0.2) is 35.9 Å². The van der Waals surface area contributed by atoms with Crippen molar-refractivity contribution >= 4 is 27.8 Å². The summed E-state index contributed by atoms with van der Waals surface area (Å²) in [4.78, 5) is 7.62. The maximum atomic E-state index is 5.56. The fourth-order valence-corrected chi connectivity index (χ4v) is 4.23. The van der Waals surface area contributed by atoms with Gasteiger partial charge in [0.1, 0.15) is 11.5 Å². The molecule has 0 amide bonds. The van der Waals surface area contributed by atoms with Crippen molar-refractivity contribution in [3.05, 3.63) is 71.8 Å². The second-order valence-electron chi connectivity index (χ2n) is 7.38. The molecule has 3 heterocycles. The fraction of sp³-hybridized carbons (Fsp3) is 0.292. The zero-order valence-electron chi connectivity index (χ0n) is 16.3. The molecule has 0 saturated carbocycles. The molecular formula is C24H25N3O. The van der Waals surface area contributed by atoms with Crippen LogP contribution in [0.4, 0.5) is 5.82 Å². The minimum absolute atomic E-state index is 0.774. The molecule has 1 aliphatic rings. The molecule has 142 valence electrons. The number of aromatic nitrogens is 2. The monoisotopic (exact) mass is 371 g/mol. The van der Waals surface area contributed by atoms with Crippen LogP contribution in [0.3, 0.4) is 0 Å². The van der Waals surface area contributed by atoms with Crippen molar-refractivity contribution in [1.82, 2.24) is 9.55 Å². The van der Waals surface area contributed by atoms with E-state index in [0.717, 1.165) is 50.7 Å². The lowest BCUT2D eigenvalue weighted by Gasteiger charge is -2.29. The summed E-state index contributed by atoms with van der Waals surface area (Å²) in [5.74, 6) is 1.12. The molecule has 2 aromatic heterocycles. The lowest BCUT2D eigenvalue weighted by molar-refractivity contribution is 0.122. The summed E-state index contributed by atoms with van der Waals surface area (Å²) in [7, 11) is 0. The highest BCUT2D eigenvalue weighted by Gasteiger charge is 2.20. The number of hydrogen-bond donors (Lipinski definition) is 0. The number of ether oxygens (including phenoxy) is 1. The summed E-state index contributed by atoms with van der Waals surface area (Å²) >= 11 is 0. The van der Waals surface area contributed by atoms with Crippen LogP contribution < -0.4 is 4.90 Å². The van der Waals surface area contributed by atoms with Crippen molar-refractivity contribution in [2.45, 2.75) is 19.9 Å². The maximum Gasteiger partial charge on any atom is 0.143 e. The second-order valence-corrected chi connectivity index (χ2v) is 7.38. The molecule has 28 heavy (non-hydrogen) atoms. The highest BCUT2D eigenvalue weighted by atomic mass is 16.5. The molecule has 4 nitrogen and oxygen atoms in total. The van der Waals surface area contributed by atoms with Gasteiger partial charge in [0.15, 0.2) is 0 Å². The summed E-state index contributed by atoms with van der Waals surface area (Å²) in [6.07, 6.45) is 0.980. The van der Waals surface area contributed by atoms with Crippen molar-refractivity contribution in [2.75, 3.05) is 31.2 Å². The van der Waals surface area contributed by atoms with E-state index in [1.54, 1.807) is 0 Å². The molecule has 1 saturated heterocycles. The molecule has 2 aromatic carbocycles. The van der Waals surface area contributed by atoms with Gasteiger partial charge in [0.05, 0.1) is 18.7 Å². The van der Waals surface area contributed by atoms with E-state index in [1.165, 1.54) is 27.4 Å². The SMILES string of the molecule is CCc1cc2c3ccccc3n(Cc3ccccc3)c2nc1N1CCOCC1. The van der Waals surface area contributed by atoms with Gasteiger partial charge in [-0.25, -0.2) is 4.98 Å². The maximum absolute atomic E-state index is 5.56.